The Morgan fingerprint density at radius 1 is 0.960 bits per heavy atom. The van der Waals surface area contributed by atoms with Gasteiger partial charge in [-0.05, 0) is 30.2 Å². The lowest BCUT2D eigenvalue weighted by atomic mass is 10.1. The number of methoxy groups -OCH3 is 2. The predicted molar refractivity (Wildman–Crippen MR) is 99.9 cm³/mol. The van der Waals surface area contributed by atoms with Gasteiger partial charge in [0.2, 0.25) is 0 Å². The topological polar surface area (TPSA) is 57.4 Å². The summed E-state index contributed by atoms with van der Waals surface area (Å²) < 4.78 is 15.8. The highest BCUT2D eigenvalue weighted by Gasteiger charge is 2.05. The summed E-state index contributed by atoms with van der Waals surface area (Å²) in [5, 5.41) is 4.04. The van der Waals surface area contributed by atoms with Gasteiger partial charge in [-0.1, -0.05) is 50.3 Å². The molecule has 0 unspecified atom stereocenters. The van der Waals surface area contributed by atoms with Gasteiger partial charge >= 0.3 is 0 Å². The highest BCUT2D eigenvalue weighted by Crippen LogP contribution is 2.28. The molecule has 1 heterocycles. The molecule has 0 bridgehead atoms. The summed E-state index contributed by atoms with van der Waals surface area (Å²) in [6.07, 6.45) is 12.2. The summed E-state index contributed by atoms with van der Waals surface area (Å²) in [5.41, 5.74) is 0.980. The SMILES string of the molecule is CCCCCCCCc1noc(/C=C/c2ccc(OC)c(OC)c2)n1. The molecular formula is C20H28N2O3. The van der Waals surface area contributed by atoms with Gasteiger partial charge in [-0.15, -0.1) is 0 Å². The molecule has 0 aliphatic heterocycles. The van der Waals surface area contributed by atoms with E-state index >= 15 is 0 Å². The van der Waals surface area contributed by atoms with Crippen LogP contribution in [0.2, 0.25) is 0 Å². The van der Waals surface area contributed by atoms with Crippen molar-refractivity contribution in [1.29, 1.82) is 0 Å². The Balaban J connectivity index is 1.85. The van der Waals surface area contributed by atoms with E-state index in [0.29, 0.717) is 17.4 Å². The van der Waals surface area contributed by atoms with Crippen LogP contribution in [0.15, 0.2) is 22.7 Å². The molecular weight excluding hydrogens is 316 g/mol. The number of unbranched alkanes of at least 4 members (excludes halogenated alkanes) is 5. The molecule has 0 amide bonds. The van der Waals surface area contributed by atoms with E-state index in [-0.39, 0.29) is 0 Å². The van der Waals surface area contributed by atoms with Crippen LogP contribution in [0.3, 0.4) is 0 Å². The highest BCUT2D eigenvalue weighted by atomic mass is 16.5. The lowest BCUT2D eigenvalue weighted by Gasteiger charge is -2.07. The van der Waals surface area contributed by atoms with E-state index < -0.39 is 0 Å². The minimum absolute atomic E-state index is 0.524. The predicted octanol–water partition coefficient (Wildman–Crippen LogP) is 5.16. The van der Waals surface area contributed by atoms with Crippen molar-refractivity contribution in [2.24, 2.45) is 0 Å². The summed E-state index contributed by atoms with van der Waals surface area (Å²) in [6, 6.07) is 5.73. The van der Waals surface area contributed by atoms with Crippen LogP contribution in [0.4, 0.5) is 0 Å². The van der Waals surface area contributed by atoms with E-state index in [1.165, 1.54) is 32.1 Å². The van der Waals surface area contributed by atoms with Gasteiger partial charge < -0.3 is 14.0 Å². The normalized spacial score (nSPS) is 11.2. The Morgan fingerprint density at radius 2 is 1.72 bits per heavy atom. The zero-order valence-corrected chi connectivity index (χ0v) is 15.5. The van der Waals surface area contributed by atoms with Crippen molar-refractivity contribution in [2.75, 3.05) is 14.2 Å². The van der Waals surface area contributed by atoms with Crippen LogP contribution in [0.1, 0.15) is 62.7 Å². The summed E-state index contributed by atoms with van der Waals surface area (Å²) in [5.74, 6) is 2.70. The van der Waals surface area contributed by atoms with Gasteiger partial charge in [0.15, 0.2) is 17.3 Å². The van der Waals surface area contributed by atoms with Gasteiger partial charge in [0, 0.05) is 12.5 Å². The second kappa shape index (κ2) is 10.5. The van der Waals surface area contributed by atoms with Crippen LogP contribution < -0.4 is 9.47 Å². The monoisotopic (exact) mass is 344 g/mol. The van der Waals surface area contributed by atoms with Crippen molar-refractivity contribution in [3.05, 3.63) is 35.5 Å². The number of rotatable bonds is 11. The maximum absolute atomic E-state index is 5.30. The molecule has 0 saturated heterocycles. The number of benzene rings is 1. The van der Waals surface area contributed by atoms with Crippen molar-refractivity contribution in [2.45, 2.75) is 51.9 Å². The minimum atomic E-state index is 0.524. The van der Waals surface area contributed by atoms with E-state index in [1.54, 1.807) is 14.2 Å². The third-order valence-corrected chi connectivity index (χ3v) is 4.06. The van der Waals surface area contributed by atoms with Crippen LogP contribution in [0.5, 0.6) is 11.5 Å². The first-order chi connectivity index (χ1) is 12.3. The van der Waals surface area contributed by atoms with Crippen molar-refractivity contribution < 1.29 is 14.0 Å². The standard InChI is InChI=1S/C20H28N2O3/c1-4-5-6-7-8-9-10-19-21-20(25-22-19)14-12-16-11-13-17(23-2)18(15-16)24-3/h11-15H,4-10H2,1-3H3/b14-12+. The molecule has 2 rings (SSSR count). The molecule has 5 nitrogen and oxygen atoms in total. The van der Waals surface area contributed by atoms with Crippen LogP contribution >= 0.6 is 0 Å². The fraction of sp³-hybridized carbons (Fsp3) is 0.500. The van der Waals surface area contributed by atoms with Crippen LogP contribution in [-0.2, 0) is 6.42 Å². The van der Waals surface area contributed by atoms with Gasteiger partial charge in [0.05, 0.1) is 14.2 Å². The fourth-order valence-electron chi connectivity index (χ4n) is 2.62. The molecule has 0 atom stereocenters. The van der Waals surface area contributed by atoms with Gasteiger partial charge in [0.1, 0.15) is 0 Å². The molecule has 1 aromatic carbocycles. The van der Waals surface area contributed by atoms with Crippen molar-refractivity contribution >= 4 is 12.2 Å². The molecule has 0 spiro atoms. The molecule has 0 saturated carbocycles. The summed E-state index contributed by atoms with van der Waals surface area (Å²) >= 11 is 0. The molecule has 0 aliphatic rings. The first-order valence-corrected chi connectivity index (χ1v) is 8.99. The molecule has 25 heavy (non-hydrogen) atoms. The Bertz CT molecular complexity index is 665. The lowest BCUT2D eigenvalue weighted by molar-refractivity contribution is 0.355. The zero-order chi connectivity index (χ0) is 17.9. The third-order valence-electron chi connectivity index (χ3n) is 4.06. The average molecular weight is 344 g/mol. The van der Waals surface area contributed by atoms with Crippen molar-refractivity contribution in [3.8, 4) is 11.5 Å². The maximum atomic E-state index is 5.30. The number of aromatic nitrogens is 2. The molecule has 0 fully saturated rings. The number of ether oxygens (including phenoxy) is 2. The second-order valence-electron chi connectivity index (χ2n) is 6.01. The van der Waals surface area contributed by atoms with E-state index in [4.69, 9.17) is 14.0 Å². The Hall–Kier alpha value is -2.30. The Kier molecular flexibility index (Phi) is 8.02. The summed E-state index contributed by atoms with van der Waals surface area (Å²) in [7, 11) is 3.25. The molecule has 0 radical (unpaired) electrons. The first kappa shape index (κ1) is 19.0. The van der Waals surface area contributed by atoms with Crippen LogP contribution in [0.25, 0.3) is 12.2 Å². The van der Waals surface area contributed by atoms with Crippen molar-refractivity contribution in [3.63, 3.8) is 0 Å². The minimum Gasteiger partial charge on any atom is -0.493 e. The van der Waals surface area contributed by atoms with E-state index in [0.717, 1.165) is 24.2 Å². The van der Waals surface area contributed by atoms with E-state index in [9.17, 15) is 0 Å². The average Bonchev–Trinajstić information content (AvgIpc) is 3.10. The summed E-state index contributed by atoms with van der Waals surface area (Å²) in [4.78, 5) is 4.42. The lowest BCUT2D eigenvalue weighted by Crippen LogP contribution is -1.90. The molecule has 2 aromatic rings. The van der Waals surface area contributed by atoms with Gasteiger partial charge in [-0.3, -0.25) is 0 Å². The molecule has 0 aliphatic carbocycles. The Morgan fingerprint density at radius 3 is 2.48 bits per heavy atom. The fourth-order valence-corrected chi connectivity index (χ4v) is 2.62. The molecule has 1 aromatic heterocycles. The quantitative estimate of drug-likeness (QED) is 0.527. The first-order valence-electron chi connectivity index (χ1n) is 8.99. The highest BCUT2D eigenvalue weighted by molar-refractivity contribution is 5.67. The van der Waals surface area contributed by atoms with Gasteiger partial charge in [-0.25, -0.2) is 0 Å². The van der Waals surface area contributed by atoms with E-state index in [2.05, 4.69) is 17.1 Å². The zero-order valence-electron chi connectivity index (χ0n) is 15.5. The number of aryl methyl sites for hydroxylation is 1. The number of hydrogen-bond acceptors (Lipinski definition) is 5. The summed E-state index contributed by atoms with van der Waals surface area (Å²) in [6.45, 7) is 2.23. The maximum Gasteiger partial charge on any atom is 0.250 e. The molecule has 5 heteroatoms. The smallest absolute Gasteiger partial charge is 0.250 e. The van der Waals surface area contributed by atoms with Gasteiger partial charge in [-0.2, -0.15) is 4.98 Å². The third kappa shape index (κ3) is 6.25. The largest absolute Gasteiger partial charge is 0.493 e. The van der Waals surface area contributed by atoms with Crippen LogP contribution in [0, 0.1) is 0 Å². The van der Waals surface area contributed by atoms with E-state index in [1.807, 2.05) is 30.4 Å². The van der Waals surface area contributed by atoms with Crippen LogP contribution in [-0.4, -0.2) is 24.4 Å². The van der Waals surface area contributed by atoms with Crippen molar-refractivity contribution in [1.82, 2.24) is 10.1 Å². The van der Waals surface area contributed by atoms with Gasteiger partial charge in [0.25, 0.3) is 5.89 Å². The Labute approximate surface area is 150 Å². The second-order valence-corrected chi connectivity index (χ2v) is 6.01. The molecule has 136 valence electrons. The number of nitrogens with zero attached hydrogens (tertiary/aromatic N) is 2. The number of hydrogen-bond donors (Lipinski definition) is 0. The molecule has 0 N–H and O–H groups in total.